The third-order valence-corrected chi connectivity index (χ3v) is 2.36. The summed E-state index contributed by atoms with van der Waals surface area (Å²) < 4.78 is 0. The van der Waals surface area contributed by atoms with Gasteiger partial charge in [-0.2, -0.15) is 0 Å². The maximum Gasteiger partial charge on any atom is 0.0276 e. The largest absolute Gasteiger partial charge is 0.144 e. The number of thiophene rings is 1. The Morgan fingerprint density at radius 1 is 1.18 bits per heavy atom. The summed E-state index contributed by atoms with van der Waals surface area (Å²) in [5.74, 6) is 0. The minimum Gasteiger partial charge on any atom is -0.144 e. The lowest BCUT2D eigenvalue weighted by molar-refractivity contribution is 1.82. The van der Waals surface area contributed by atoms with Crippen LogP contribution in [0.4, 0.5) is 0 Å². The molecule has 2 rings (SSSR count). The quantitative estimate of drug-likeness (QED) is 0.591. The van der Waals surface area contributed by atoms with Gasteiger partial charge < -0.3 is 0 Å². The van der Waals surface area contributed by atoms with E-state index in [2.05, 4.69) is 47.9 Å². The molecule has 1 aliphatic rings. The molecule has 54 valence electrons. The van der Waals surface area contributed by atoms with Crippen molar-refractivity contribution >= 4 is 17.4 Å². The molecule has 1 aromatic rings. The molecule has 1 heteroatoms. The zero-order chi connectivity index (χ0) is 7.52. The fraction of sp³-hybridized carbons (Fsp3) is 0. The third-order valence-electron chi connectivity index (χ3n) is 1.54. The van der Waals surface area contributed by atoms with Crippen LogP contribution in [0.1, 0.15) is 4.88 Å². The number of allylic oxidation sites excluding steroid dienone is 5. The second-order valence-corrected chi connectivity index (χ2v) is 3.36. The predicted octanol–water partition coefficient (Wildman–Crippen LogP) is 3.26. The van der Waals surface area contributed by atoms with E-state index in [1.807, 2.05) is 0 Å². The molecule has 1 aliphatic carbocycles. The predicted molar refractivity (Wildman–Crippen MR) is 50.6 cm³/mol. The van der Waals surface area contributed by atoms with Gasteiger partial charge in [-0.25, -0.2) is 0 Å². The summed E-state index contributed by atoms with van der Waals surface area (Å²) in [6.07, 6.45) is 10.5. The highest BCUT2D eigenvalue weighted by molar-refractivity contribution is 7.10. The van der Waals surface area contributed by atoms with Gasteiger partial charge in [-0.3, -0.25) is 0 Å². The molecule has 0 fully saturated rings. The van der Waals surface area contributed by atoms with Gasteiger partial charge in [-0.1, -0.05) is 30.4 Å². The zero-order valence-corrected chi connectivity index (χ0v) is 6.84. The van der Waals surface area contributed by atoms with Crippen LogP contribution >= 0.6 is 11.3 Å². The highest BCUT2D eigenvalue weighted by Crippen LogP contribution is 2.16. The fourth-order valence-corrected chi connectivity index (χ4v) is 1.70. The standard InChI is InChI=1S/C10H8S/c1-2-5-9(4-1)8-10-6-3-7-11-10/h1-8H. The normalized spacial score (nSPS) is 14.4. The summed E-state index contributed by atoms with van der Waals surface area (Å²) in [5.41, 5.74) is 1.28. The Bertz CT molecular complexity index is 299. The minimum atomic E-state index is 1.28. The lowest BCUT2D eigenvalue weighted by atomic mass is 10.2. The Morgan fingerprint density at radius 2 is 2.00 bits per heavy atom. The summed E-state index contributed by atoms with van der Waals surface area (Å²) >= 11 is 1.77. The monoisotopic (exact) mass is 160 g/mol. The van der Waals surface area contributed by atoms with E-state index >= 15 is 0 Å². The van der Waals surface area contributed by atoms with E-state index in [1.165, 1.54) is 10.5 Å². The van der Waals surface area contributed by atoms with Crippen LogP contribution in [0.3, 0.4) is 0 Å². The topological polar surface area (TPSA) is 0 Å². The Balaban J connectivity index is 2.28. The average Bonchev–Trinajstić information content (AvgIpc) is 2.60. The highest BCUT2D eigenvalue weighted by atomic mass is 32.1. The third kappa shape index (κ3) is 1.49. The second kappa shape index (κ2) is 2.89. The van der Waals surface area contributed by atoms with Gasteiger partial charge in [-0.15, -0.1) is 11.3 Å². The molecule has 0 saturated carbocycles. The molecule has 0 saturated heterocycles. The minimum absolute atomic E-state index is 1.28. The zero-order valence-electron chi connectivity index (χ0n) is 6.03. The van der Waals surface area contributed by atoms with E-state index in [-0.39, 0.29) is 0 Å². The molecule has 1 aromatic heterocycles. The molecule has 0 atom stereocenters. The van der Waals surface area contributed by atoms with Crippen molar-refractivity contribution in [2.45, 2.75) is 0 Å². The van der Waals surface area contributed by atoms with E-state index in [0.717, 1.165) is 0 Å². The van der Waals surface area contributed by atoms with Gasteiger partial charge in [0, 0.05) is 4.88 Å². The van der Waals surface area contributed by atoms with Crippen LogP contribution in [0, 0.1) is 0 Å². The number of hydrogen-bond donors (Lipinski definition) is 0. The molecule has 0 bridgehead atoms. The van der Waals surface area contributed by atoms with Crippen molar-refractivity contribution in [2.75, 3.05) is 0 Å². The van der Waals surface area contributed by atoms with Crippen molar-refractivity contribution in [2.24, 2.45) is 0 Å². The van der Waals surface area contributed by atoms with Gasteiger partial charge in [0.05, 0.1) is 0 Å². The van der Waals surface area contributed by atoms with Crippen LogP contribution in [0.5, 0.6) is 0 Å². The molecule has 11 heavy (non-hydrogen) atoms. The van der Waals surface area contributed by atoms with Crippen molar-refractivity contribution in [1.29, 1.82) is 0 Å². The Hall–Kier alpha value is -1.08. The summed E-state index contributed by atoms with van der Waals surface area (Å²) in [4.78, 5) is 1.32. The SMILES string of the molecule is C1=CC(=Cc2cccs2)C=C1. The molecule has 0 N–H and O–H groups in total. The number of hydrogen-bond acceptors (Lipinski definition) is 1. The molecule has 0 amide bonds. The van der Waals surface area contributed by atoms with Gasteiger partial charge >= 0.3 is 0 Å². The molecule has 0 spiro atoms. The molecule has 0 aromatic carbocycles. The molecule has 0 unspecified atom stereocenters. The first kappa shape index (κ1) is 6.62. The fourth-order valence-electron chi connectivity index (χ4n) is 1.02. The smallest absolute Gasteiger partial charge is 0.0276 e. The first-order valence-electron chi connectivity index (χ1n) is 3.55. The van der Waals surface area contributed by atoms with Crippen LogP contribution in [-0.2, 0) is 0 Å². The van der Waals surface area contributed by atoms with E-state index < -0.39 is 0 Å². The van der Waals surface area contributed by atoms with Gasteiger partial charge in [0.1, 0.15) is 0 Å². The average molecular weight is 160 g/mol. The lowest BCUT2D eigenvalue weighted by Crippen LogP contribution is -1.64. The molecule has 0 nitrogen and oxygen atoms in total. The van der Waals surface area contributed by atoms with Crippen LogP contribution in [0.25, 0.3) is 6.08 Å². The maximum atomic E-state index is 2.19. The molecule has 1 heterocycles. The second-order valence-electron chi connectivity index (χ2n) is 2.38. The summed E-state index contributed by atoms with van der Waals surface area (Å²) in [6.45, 7) is 0. The van der Waals surface area contributed by atoms with E-state index in [4.69, 9.17) is 0 Å². The van der Waals surface area contributed by atoms with Gasteiger partial charge in [0.2, 0.25) is 0 Å². The lowest BCUT2D eigenvalue weighted by Gasteiger charge is -1.86. The van der Waals surface area contributed by atoms with Crippen molar-refractivity contribution in [3.8, 4) is 0 Å². The molecule has 0 aliphatic heterocycles. The van der Waals surface area contributed by atoms with E-state index in [0.29, 0.717) is 0 Å². The van der Waals surface area contributed by atoms with Crippen LogP contribution < -0.4 is 0 Å². The molecular formula is C10H8S. The summed E-state index contributed by atoms with van der Waals surface area (Å²) in [5, 5.41) is 2.09. The van der Waals surface area contributed by atoms with Crippen molar-refractivity contribution in [3.05, 3.63) is 52.3 Å². The Labute approximate surface area is 70.2 Å². The van der Waals surface area contributed by atoms with E-state index in [9.17, 15) is 0 Å². The molecule has 0 radical (unpaired) electrons. The van der Waals surface area contributed by atoms with Gasteiger partial charge in [0.15, 0.2) is 0 Å². The summed E-state index contributed by atoms with van der Waals surface area (Å²) in [6, 6.07) is 4.19. The van der Waals surface area contributed by atoms with Gasteiger partial charge in [-0.05, 0) is 23.1 Å². The summed E-state index contributed by atoms with van der Waals surface area (Å²) in [7, 11) is 0. The van der Waals surface area contributed by atoms with Crippen molar-refractivity contribution < 1.29 is 0 Å². The first-order valence-corrected chi connectivity index (χ1v) is 4.43. The van der Waals surface area contributed by atoms with E-state index in [1.54, 1.807) is 11.3 Å². The maximum absolute atomic E-state index is 2.19. The Kier molecular flexibility index (Phi) is 1.74. The van der Waals surface area contributed by atoms with Crippen LogP contribution in [0.15, 0.2) is 47.4 Å². The van der Waals surface area contributed by atoms with Crippen LogP contribution in [0.2, 0.25) is 0 Å². The highest BCUT2D eigenvalue weighted by Gasteiger charge is 1.92. The van der Waals surface area contributed by atoms with Crippen LogP contribution in [-0.4, -0.2) is 0 Å². The Morgan fingerprint density at radius 3 is 2.64 bits per heavy atom. The van der Waals surface area contributed by atoms with Gasteiger partial charge in [0.25, 0.3) is 0 Å². The van der Waals surface area contributed by atoms with Crippen molar-refractivity contribution in [3.63, 3.8) is 0 Å². The number of rotatable bonds is 1. The van der Waals surface area contributed by atoms with Crippen molar-refractivity contribution in [1.82, 2.24) is 0 Å². The first-order chi connectivity index (χ1) is 5.45. The molecular weight excluding hydrogens is 152 g/mol.